The second-order valence-corrected chi connectivity index (χ2v) is 5.61. The first kappa shape index (κ1) is 13.5. The summed E-state index contributed by atoms with van der Waals surface area (Å²) in [7, 11) is 0. The molecule has 1 aliphatic rings. The largest absolute Gasteiger partial charge is 0.339 e. The fraction of sp³-hybridized carbons (Fsp3) is 0.857. The van der Waals surface area contributed by atoms with Gasteiger partial charge in [-0.3, -0.25) is 0 Å². The number of hydrogen-bond acceptors (Lipinski definition) is 4. The molecule has 0 aliphatic heterocycles. The van der Waals surface area contributed by atoms with Crippen molar-refractivity contribution in [2.45, 2.75) is 64.8 Å². The van der Waals surface area contributed by atoms with E-state index in [1.807, 2.05) is 0 Å². The minimum Gasteiger partial charge on any atom is -0.339 e. The van der Waals surface area contributed by atoms with Crippen LogP contribution in [-0.2, 0) is 6.42 Å². The molecule has 1 aliphatic carbocycles. The molecule has 1 saturated carbocycles. The van der Waals surface area contributed by atoms with Crippen LogP contribution in [0.5, 0.6) is 0 Å². The highest BCUT2D eigenvalue weighted by Gasteiger charge is 2.26. The van der Waals surface area contributed by atoms with Gasteiger partial charge in [-0.2, -0.15) is 4.98 Å². The third kappa shape index (κ3) is 3.31. The number of nitrogens with zero attached hydrogens (tertiary/aromatic N) is 2. The molecular formula is C14H25N3O. The third-order valence-electron chi connectivity index (χ3n) is 3.83. The molecule has 0 radical (unpaired) electrons. The van der Waals surface area contributed by atoms with E-state index in [2.05, 4.69) is 36.2 Å². The summed E-state index contributed by atoms with van der Waals surface area (Å²) in [4.78, 5) is 4.49. The molecule has 0 bridgehead atoms. The highest BCUT2D eigenvalue weighted by atomic mass is 16.5. The highest BCUT2D eigenvalue weighted by molar-refractivity contribution is 4.95. The van der Waals surface area contributed by atoms with E-state index >= 15 is 0 Å². The van der Waals surface area contributed by atoms with Gasteiger partial charge in [0.1, 0.15) is 0 Å². The molecule has 0 aromatic carbocycles. The summed E-state index contributed by atoms with van der Waals surface area (Å²) < 4.78 is 5.36. The Morgan fingerprint density at radius 2 is 2.06 bits per heavy atom. The number of nitrogens with one attached hydrogen (secondary N) is 1. The highest BCUT2D eigenvalue weighted by Crippen LogP contribution is 2.29. The van der Waals surface area contributed by atoms with Crippen LogP contribution in [0.2, 0.25) is 0 Å². The maximum Gasteiger partial charge on any atom is 0.228 e. The predicted octanol–water partition coefficient (Wildman–Crippen LogP) is 2.90. The van der Waals surface area contributed by atoms with E-state index in [4.69, 9.17) is 4.52 Å². The van der Waals surface area contributed by atoms with Crippen LogP contribution in [0.3, 0.4) is 0 Å². The first-order valence-corrected chi connectivity index (χ1v) is 7.26. The van der Waals surface area contributed by atoms with E-state index in [9.17, 15) is 0 Å². The second kappa shape index (κ2) is 6.32. The van der Waals surface area contributed by atoms with Gasteiger partial charge in [0.15, 0.2) is 5.82 Å². The molecule has 0 spiro atoms. The van der Waals surface area contributed by atoms with E-state index in [1.54, 1.807) is 0 Å². The van der Waals surface area contributed by atoms with Gasteiger partial charge >= 0.3 is 0 Å². The van der Waals surface area contributed by atoms with Crippen molar-refractivity contribution in [2.75, 3.05) is 6.54 Å². The van der Waals surface area contributed by atoms with Gasteiger partial charge < -0.3 is 9.84 Å². The van der Waals surface area contributed by atoms with Crippen LogP contribution in [0, 0.1) is 5.92 Å². The zero-order valence-corrected chi connectivity index (χ0v) is 11.8. The summed E-state index contributed by atoms with van der Waals surface area (Å²) >= 11 is 0. The lowest BCUT2D eigenvalue weighted by atomic mass is 9.95. The molecule has 102 valence electrons. The van der Waals surface area contributed by atoms with Gasteiger partial charge in [-0.1, -0.05) is 38.8 Å². The normalized spacial score (nSPS) is 18.7. The van der Waals surface area contributed by atoms with E-state index in [-0.39, 0.29) is 0 Å². The average molecular weight is 251 g/mol. The average Bonchev–Trinajstić information content (AvgIpc) is 2.99. The van der Waals surface area contributed by atoms with Gasteiger partial charge in [-0.15, -0.1) is 0 Å². The van der Waals surface area contributed by atoms with E-state index in [1.165, 1.54) is 25.7 Å². The van der Waals surface area contributed by atoms with Crippen LogP contribution >= 0.6 is 0 Å². The molecule has 1 heterocycles. The minimum absolute atomic E-state index is 0.339. The maximum atomic E-state index is 5.36. The Hall–Kier alpha value is -0.900. The van der Waals surface area contributed by atoms with Crippen LogP contribution in [0.15, 0.2) is 4.52 Å². The van der Waals surface area contributed by atoms with Crippen LogP contribution in [-0.4, -0.2) is 22.7 Å². The summed E-state index contributed by atoms with van der Waals surface area (Å²) in [6.07, 6.45) is 6.28. The number of likely N-dealkylation sites (N-methyl/N-ethyl adjacent to an activating group) is 1. The molecule has 4 nitrogen and oxygen atoms in total. The molecule has 1 aromatic heterocycles. The van der Waals surface area contributed by atoms with E-state index < -0.39 is 0 Å². The van der Waals surface area contributed by atoms with Crippen molar-refractivity contribution in [3.8, 4) is 0 Å². The van der Waals surface area contributed by atoms with Crippen molar-refractivity contribution < 1.29 is 4.52 Å². The Bertz CT molecular complexity index is 356. The third-order valence-corrected chi connectivity index (χ3v) is 3.83. The van der Waals surface area contributed by atoms with Crippen LogP contribution in [0.1, 0.15) is 64.1 Å². The number of rotatable bonds is 6. The zero-order valence-electron chi connectivity index (χ0n) is 11.8. The lowest BCUT2D eigenvalue weighted by Crippen LogP contribution is -2.37. The first-order valence-electron chi connectivity index (χ1n) is 7.26. The quantitative estimate of drug-likeness (QED) is 0.844. The topological polar surface area (TPSA) is 51.0 Å². The van der Waals surface area contributed by atoms with Gasteiger partial charge in [0, 0.05) is 18.4 Å². The SMILES string of the molecule is CCNC(Cc1nc(C(C)C)no1)C1CCCC1. The van der Waals surface area contributed by atoms with Crippen molar-refractivity contribution in [1.29, 1.82) is 0 Å². The van der Waals surface area contributed by atoms with Crippen molar-refractivity contribution in [1.82, 2.24) is 15.5 Å². The second-order valence-electron chi connectivity index (χ2n) is 5.61. The summed E-state index contributed by atoms with van der Waals surface area (Å²) in [6.45, 7) is 7.35. The summed E-state index contributed by atoms with van der Waals surface area (Å²) in [5, 5.41) is 7.63. The Morgan fingerprint density at radius 3 is 2.61 bits per heavy atom. The molecule has 1 atom stereocenters. The summed E-state index contributed by atoms with van der Waals surface area (Å²) in [6, 6.07) is 0.498. The van der Waals surface area contributed by atoms with Gasteiger partial charge in [-0.05, 0) is 25.3 Å². The first-order chi connectivity index (χ1) is 8.70. The number of hydrogen-bond donors (Lipinski definition) is 1. The Kier molecular flexibility index (Phi) is 4.75. The maximum absolute atomic E-state index is 5.36. The molecular weight excluding hydrogens is 226 g/mol. The minimum atomic E-state index is 0.339. The zero-order chi connectivity index (χ0) is 13.0. The molecule has 1 aromatic rings. The summed E-state index contributed by atoms with van der Waals surface area (Å²) in [5.74, 6) is 2.73. The number of aromatic nitrogens is 2. The smallest absolute Gasteiger partial charge is 0.228 e. The molecule has 1 N–H and O–H groups in total. The fourth-order valence-corrected chi connectivity index (χ4v) is 2.80. The van der Waals surface area contributed by atoms with Gasteiger partial charge in [0.2, 0.25) is 5.89 Å². The van der Waals surface area contributed by atoms with Crippen molar-refractivity contribution in [3.63, 3.8) is 0 Å². The monoisotopic (exact) mass is 251 g/mol. The Labute approximate surface area is 110 Å². The molecule has 0 saturated heterocycles. The van der Waals surface area contributed by atoms with E-state index in [0.717, 1.165) is 30.6 Å². The van der Waals surface area contributed by atoms with Gasteiger partial charge in [-0.25, -0.2) is 0 Å². The van der Waals surface area contributed by atoms with E-state index in [0.29, 0.717) is 12.0 Å². The van der Waals surface area contributed by atoms with Crippen LogP contribution in [0.4, 0.5) is 0 Å². The molecule has 2 rings (SSSR count). The lowest BCUT2D eigenvalue weighted by Gasteiger charge is -2.22. The predicted molar refractivity (Wildman–Crippen MR) is 71.5 cm³/mol. The molecule has 1 fully saturated rings. The van der Waals surface area contributed by atoms with Crippen molar-refractivity contribution in [2.24, 2.45) is 5.92 Å². The molecule has 4 heteroatoms. The molecule has 0 amide bonds. The summed E-state index contributed by atoms with van der Waals surface area (Å²) in [5.41, 5.74) is 0. The lowest BCUT2D eigenvalue weighted by molar-refractivity contribution is 0.309. The van der Waals surface area contributed by atoms with Crippen molar-refractivity contribution >= 4 is 0 Å². The standard InChI is InChI=1S/C14H25N3O/c1-4-15-12(11-7-5-6-8-11)9-13-16-14(10(2)3)17-18-13/h10-12,15H,4-9H2,1-3H3. The van der Waals surface area contributed by atoms with Crippen LogP contribution in [0.25, 0.3) is 0 Å². The van der Waals surface area contributed by atoms with Crippen LogP contribution < -0.4 is 5.32 Å². The van der Waals surface area contributed by atoms with Crippen molar-refractivity contribution in [3.05, 3.63) is 11.7 Å². The molecule has 1 unspecified atom stereocenters. The Morgan fingerprint density at radius 1 is 1.33 bits per heavy atom. The van der Waals surface area contributed by atoms with Gasteiger partial charge in [0.05, 0.1) is 0 Å². The van der Waals surface area contributed by atoms with Gasteiger partial charge in [0.25, 0.3) is 0 Å². The molecule has 18 heavy (non-hydrogen) atoms. The Balaban J connectivity index is 1.98. The fourth-order valence-electron chi connectivity index (χ4n) is 2.80.